The van der Waals surface area contributed by atoms with Gasteiger partial charge in [0.25, 0.3) is 11.8 Å². The Morgan fingerprint density at radius 3 is 2.76 bits per heavy atom. The van der Waals surface area contributed by atoms with Crippen LogP contribution in [-0.2, 0) is 4.79 Å². The average Bonchev–Trinajstić information content (AvgIpc) is 2.88. The zero-order valence-electron chi connectivity index (χ0n) is 13.1. The maximum Gasteiger partial charge on any atom is 0.261 e. The van der Waals surface area contributed by atoms with Gasteiger partial charge in [0.2, 0.25) is 5.91 Å². The SMILES string of the molecule is COc1ccc(Br)cc1/C=C/C(=O)Nc1cccc2c1C(=O)NC2=O. The number of imide groups is 1. The Kier molecular flexibility index (Phi) is 4.67. The van der Waals surface area contributed by atoms with Gasteiger partial charge in [0.15, 0.2) is 0 Å². The predicted molar refractivity (Wildman–Crippen MR) is 96.6 cm³/mol. The van der Waals surface area contributed by atoms with E-state index in [9.17, 15) is 14.4 Å². The van der Waals surface area contributed by atoms with E-state index < -0.39 is 17.7 Å². The van der Waals surface area contributed by atoms with Gasteiger partial charge in [-0.2, -0.15) is 0 Å². The molecule has 0 bridgehead atoms. The molecule has 0 aliphatic carbocycles. The molecule has 25 heavy (non-hydrogen) atoms. The summed E-state index contributed by atoms with van der Waals surface area (Å²) >= 11 is 3.37. The number of fused-ring (bicyclic) bond motifs is 1. The lowest BCUT2D eigenvalue weighted by atomic mass is 10.1. The summed E-state index contributed by atoms with van der Waals surface area (Å²) in [5, 5.41) is 4.83. The largest absolute Gasteiger partial charge is 0.496 e. The number of rotatable bonds is 4. The highest BCUT2D eigenvalue weighted by atomic mass is 79.9. The van der Waals surface area contributed by atoms with Crippen molar-refractivity contribution in [2.24, 2.45) is 0 Å². The van der Waals surface area contributed by atoms with E-state index in [0.29, 0.717) is 5.75 Å². The standard InChI is InChI=1S/C18H13BrN2O4/c1-25-14-7-6-11(19)9-10(14)5-8-15(22)20-13-4-2-3-12-16(13)18(24)21-17(12)23/h2-9H,1H3,(H,20,22)(H,21,23,24)/b8-5+. The van der Waals surface area contributed by atoms with Crippen LogP contribution < -0.4 is 15.4 Å². The average molecular weight is 401 g/mol. The first-order chi connectivity index (χ1) is 12.0. The molecule has 0 atom stereocenters. The molecule has 2 aromatic rings. The molecular weight excluding hydrogens is 388 g/mol. The number of anilines is 1. The Labute approximate surface area is 152 Å². The molecule has 0 fully saturated rings. The topological polar surface area (TPSA) is 84.5 Å². The van der Waals surface area contributed by atoms with E-state index >= 15 is 0 Å². The van der Waals surface area contributed by atoms with E-state index in [1.165, 1.54) is 12.1 Å². The highest BCUT2D eigenvalue weighted by Crippen LogP contribution is 2.25. The van der Waals surface area contributed by atoms with Crippen LogP contribution in [0.2, 0.25) is 0 Å². The normalized spacial score (nSPS) is 12.9. The molecule has 0 saturated heterocycles. The molecule has 0 spiro atoms. The molecule has 3 amide bonds. The molecule has 2 aromatic carbocycles. The molecule has 2 N–H and O–H groups in total. The second-order valence-electron chi connectivity index (χ2n) is 5.22. The first kappa shape index (κ1) is 16.9. The van der Waals surface area contributed by atoms with Crippen molar-refractivity contribution < 1.29 is 19.1 Å². The number of carbonyl (C=O) groups is 3. The third kappa shape index (κ3) is 3.46. The molecule has 6 nitrogen and oxygen atoms in total. The minimum Gasteiger partial charge on any atom is -0.496 e. The van der Waals surface area contributed by atoms with E-state index in [0.717, 1.165) is 10.0 Å². The van der Waals surface area contributed by atoms with Gasteiger partial charge < -0.3 is 10.1 Å². The number of carbonyl (C=O) groups excluding carboxylic acids is 3. The minimum atomic E-state index is -0.520. The third-order valence-electron chi connectivity index (χ3n) is 3.63. The van der Waals surface area contributed by atoms with Crippen LogP contribution in [0.25, 0.3) is 6.08 Å². The van der Waals surface area contributed by atoms with Gasteiger partial charge in [-0.25, -0.2) is 0 Å². The molecule has 0 aromatic heterocycles. The van der Waals surface area contributed by atoms with Crippen molar-refractivity contribution in [3.63, 3.8) is 0 Å². The zero-order chi connectivity index (χ0) is 18.0. The number of methoxy groups -OCH3 is 1. The van der Waals surface area contributed by atoms with Gasteiger partial charge in [-0.3, -0.25) is 19.7 Å². The van der Waals surface area contributed by atoms with Crippen LogP contribution in [0.3, 0.4) is 0 Å². The van der Waals surface area contributed by atoms with E-state index in [4.69, 9.17) is 4.74 Å². The molecule has 7 heteroatoms. The van der Waals surface area contributed by atoms with Crippen LogP contribution in [0, 0.1) is 0 Å². The van der Waals surface area contributed by atoms with Crippen molar-refractivity contribution >= 4 is 45.4 Å². The van der Waals surface area contributed by atoms with Crippen LogP contribution in [0.4, 0.5) is 5.69 Å². The van der Waals surface area contributed by atoms with Gasteiger partial charge in [0.1, 0.15) is 5.75 Å². The smallest absolute Gasteiger partial charge is 0.261 e. The molecule has 126 valence electrons. The first-order valence-corrected chi connectivity index (χ1v) is 8.10. The van der Waals surface area contributed by atoms with Crippen molar-refractivity contribution in [2.45, 2.75) is 0 Å². The zero-order valence-corrected chi connectivity index (χ0v) is 14.7. The monoisotopic (exact) mass is 400 g/mol. The Hall–Kier alpha value is -2.93. The number of benzene rings is 2. The van der Waals surface area contributed by atoms with Crippen LogP contribution in [-0.4, -0.2) is 24.8 Å². The number of nitrogens with one attached hydrogen (secondary N) is 2. The second-order valence-corrected chi connectivity index (χ2v) is 6.14. The molecule has 0 radical (unpaired) electrons. The van der Waals surface area contributed by atoms with Crippen LogP contribution >= 0.6 is 15.9 Å². The number of halogens is 1. The summed E-state index contributed by atoms with van der Waals surface area (Å²) in [7, 11) is 1.55. The summed E-state index contributed by atoms with van der Waals surface area (Å²) in [6.45, 7) is 0. The van der Waals surface area contributed by atoms with Gasteiger partial charge in [0, 0.05) is 16.1 Å². The molecular formula is C18H13BrN2O4. The Bertz CT molecular complexity index is 921. The van der Waals surface area contributed by atoms with Gasteiger partial charge in [0.05, 0.1) is 23.9 Å². The number of ether oxygens (including phenoxy) is 1. The molecule has 3 rings (SSSR count). The van der Waals surface area contributed by atoms with E-state index in [2.05, 4.69) is 26.6 Å². The van der Waals surface area contributed by atoms with Gasteiger partial charge in [-0.15, -0.1) is 0 Å². The highest BCUT2D eigenvalue weighted by Gasteiger charge is 2.29. The predicted octanol–water partition coefficient (Wildman–Crippen LogP) is 2.99. The fourth-order valence-corrected chi connectivity index (χ4v) is 2.88. The van der Waals surface area contributed by atoms with Crippen molar-refractivity contribution in [1.82, 2.24) is 5.32 Å². The first-order valence-electron chi connectivity index (χ1n) is 7.31. The maximum atomic E-state index is 12.2. The summed E-state index contributed by atoms with van der Waals surface area (Å²) in [6, 6.07) is 10.1. The van der Waals surface area contributed by atoms with Crippen LogP contribution in [0.1, 0.15) is 26.3 Å². The molecule has 1 aliphatic rings. The number of hydrogen-bond acceptors (Lipinski definition) is 4. The lowest BCUT2D eigenvalue weighted by molar-refractivity contribution is -0.111. The molecule has 1 heterocycles. The van der Waals surface area contributed by atoms with Gasteiger partial charge >= 0.3 is 0 Å². The van der Waals surface area contributed by atoms with E-state index in [-0.39, 0.29) is 16.8 Å². The third-order valence-corrected chi connectivity index (χ3v) is 4.12. The van der Waals surface area contributed by atoms with Gasteiger partial charge in [-0.05, 0) is 36.4 Å². The molecule has 1 aliphatic heterocycles. The lowest BCUT2D eigenvalue weighted by Crippen LogP contribution is -2.20. The molecule has 0 unspecified atom stereocenters. The maximum absolute atomic E-state index is 12.2. The van der Waals surface area contributed by atoms with Crippen LogP contribution in [0.5, 0.6) is 5.75 Å². The Morgan fingerprint density at radius 1 is 1.20 bits per heavy atom. The van der Waals surface area contributed by atoms with E-state index in [1.54, 1.807) is 31.4 Å². The minimum absolute atomic E-state index is 0.175. The molecule has 0 saturated carbocycles. The van der Waals surface area contributed by atoms with Crippen molar-refractivity contribution in [1.29, 1.82) is 0 Å². The number of amides is 3. The summed E-state index contributed by atoms with van der Waals surface area (Å²) in [4.78, 5) is 35.7. The number of hydrogen-bond donors (Lipinski definition) is 2. The van der Waals surface area contributed by atoms with Crippen molar-refractivity contribution in [2.75, 3.05) is 12.4 Å². The van der Waals surface area contributed by atoms with Crippen molar-refractivity contribution in [3.05, 3.63) is 63.6 Å². The second kappa shape index (κ2) is 6.90. The van der Waals surface area contributed by atoms with Crippen LogP contribution in [0.15, 0.2) is 46.9 Å². The summed E-state index contributed by atoms with van der Waals surface area (Å²) in [5.41, 5.74) is 1.43. The quantitative estimate of drug-likeness (QED) is 0.610. The summed E-state index contributed by atoms with van der Waals surface area (Å²) < 4.78 is 6.09. The lowest BCUT2D eigenvalue weighted by Gasteiger charge is -2.07. The highest BCUT2D eigenvalue weighted by molar-refractivity contribution is 9.10. The van der Waals surface area contributed by atoms with E-state index in [1.807, 2.05) is 12.1 Å². The Balaban J connectivity index is 1.82. The summed E-state index contributed by atoms with van der Waals surface area (Å²) in [6.07, 6.45) is 2.94. The summed E-state index contributed by atoms with van der Waals surface area (Å²) in [5.74, 6) is -0.792. The fourth-order valence-electron chi connectivity index (χ4n) is 2.50. The fraction of sp³-hybridized carbons (Fsp3) is 0.0556. The van der Waals surface area contributed by atoms with Crippen molar-refractivity contribution in [3.8, 4) is 5.75 Å². The van der Waals surface area contributed by atoms with Gasteiger partial charge in [-0.1, -0.05) is 22.0 Å². The Morgan fingerprint density at radius 2 is 2.00 bits per heavy atom.